The highest BCUT2D eigenvalue weighted by Gasteiger charge is 2.32. The molecule has 3 aromatic heterocycles. The number of nitriles is 1. The Morgan fingerprint density at radius 3 is 2.50 bits per heavy atom. The van der Waals surface area contributed by atoms with Gasteiger partial charge in [-0.3, -0.25) is 9.80 Å². The molecule has 2 fully saturated rings. The summed E-state index contributed by atoms with van der Waals surface area (Å²) in [5.41, 5.74) is 9.81. The predicted octanol–water partition coefficient (Wildman–Crippen LogP) is 4.85. The number of piperidine rings is 2. The van der Waals surface area contributed by atoms with E-state index in [9.17, 15) is 26.9 Å². The van der Waals surface area contributed by atoms with Crippen LogP contribution < -0.4 is 11.1 Å². The Labute approximate surface area is 293 Å². The third kappa shape index (κ3) is 8.02. The number of nitrogen functional groups attached to an aromatic ring is 1. The van der Waals surface area contributed by atoms with E-state index in [-0.39, 0.29) is 35.3 Å². The first-order chi connectivity index (χ1) is 23.7. The van der Waals surface area contributed by atoms with E-state index in [2.05, 4.69) is 61.7 Å². The van der Waals surface area contributed by atoms with Gasteiger partial charge in [0, 0.05) is 54.0 Å². The van der Waals surface area contributed by atoms with E-state index in [1.807, 2.05) is 6.07 Å². The SMILES string of the molecule is Cc1c(CN2CCC(Nc3nc(N)nc4sc(CC(F)(F)F)cc34)CC2)ccc2c1cc(C#N)n2C[C@H](C)N1CCC(S(=O)(=O)CCO)CC1. The van der Waals surface area contributed by atoms with Crippen LogP contribution in [0.15, 0.2) is 24.3 Å². The van der Waals surface area contributed by atoms with Crippen molar-refractivity contribution in [3.63, 3.8) is 0 Å². The number of hydrogen-bond donors (Lipinski definition) is 3. The standard InChI is InChI=1S/C34H43F3N8O3S2/c1-21(44-11-7-27(8-12-44)50(47,48)14-13-46)19-45-25(18-38)15-28-22(2)23(3-4-30(28)45)20-43-9-5-24(6-10-43)40-31-29-16-26(17-34(35,36)37)49-32(29)42-33(39)41-31/h3-4,15-16,21,24,27,46H,5-14,17,19-20H2,1-2H3,(H3,39,40,41,42)/t21-/m0/s1. The summed E-state index contributed by atoms with van der Waals surface area (Å²) in [5, 5.41) is 23.8. The fraction of sp³-hybridized carbons (Fsp3) is 0.559. The first kappa shape index (κ1) is 36.3. The number of aliphatic hydroxyl groups is 1. The number of halogens is 3. The molecule has 0 saturated carbocycles. The van der Waals surface area contributed by atoms with Crippen molar-refractivity contribution in [1.29, 1.82) is 5.26 Å². The molecule has 4 N–H and O–H groups in total. The van der Waals surface area contributed by atoms with E-state index >= 15 is 0 Å². The Morgan fingerprint density at radius 2 is 1.84 bits per heavy atom. The fourth-order valence-electron chi connectivity index (χ4n) is 7.38. The van der Waals surface area contributed by atoms with Gasteiger partial charge in [0.15, 0.2) is 9.84 Å². The largest absolute Gasteiger partial charge is 0.395 e. The van der Waals surface area contributed by atoms with E-state index in [1.165, 1.54) is 11.6 Å². The smallest absolute Gasteiger partial charge is 0.393 e. The summed E-state index contributed by atoms with van der Waals surface area (Å²) in [6, 6.07) is 10.3. The summed E-state index contributed by atoms with van der Waals surface area (Å²) in [7, 11) is -3.29. The number of aryl methyl sites for hydroxylation is 1. The van der Waals surface area contributed by atoms with Crippen LogP contribution in [-0.2, 0) is 29.3 Å². The first-order valence-electron chi connectivity index (χ1n) is 16.9. The van der Waals surface area contributed by atoms with Gasteiger partial charge in [0.1, 0.15) is 22.4 Å². The lowest BCUT2D eigenvalue weighted by atomic mass is 10.0. The molecular weight excluding hydrogens is 690 g/mol. The highest BCUT2D eigenvalue weighted by molar-refractivity contribution is 7.92. The van der Waals surface area contributed by atoms with E-state index in [4.69, 9.17) is 10.8 Å². The third-order valence-corrected chi connectivity index (χ3v) is 13.4. The van der Waals surface area contributed by atoms with Gasteiger partial charge in [-0.25, -0.2) is 13.4 Å². The monoisotopic (exact) mass is 732 g/mol. The van der Waals surface area contributed by atoms with Crippen LogP contribution in [-0.4, -0.2) is 99.9 Å². The van der Waals surface area contributed by atoms with Crippen LogP contribution in [0.4, 0.5) is 24.9 Å². The number of likely N-dealkylation sites (tertiary alicyclic amines) is 2. The summed E-state index contributed by atoms with van der Waals surface area (Å²) in [6.07, 6.45) is -2.59. The van der Waals surface area contributed by atoms with Gasteiger partial charge in [0.2, 0.25) is 5.95 Å². The van der Waals surface area contributed by atoms with E-state index < -0.39 is 27.7 Å². The molecule has 6 rings (SSSR count). The van der Waals surface area contributed by atoms with Crippen molar-refractivity contribution in [2.45, 2.75) is 82.6 Å². The summed E-state index contributed by atoms with van der Waals surface area (Å²) in [5.74, 6) is 0.308. The number of thiophene rings is 1. The van der Waals surface area contributed by atoms with Crippen LogP contribution in [0.25, 0.3) is 21.1 Å². The number of aliphatic hydroxyl groups excluding tert-OH is 1. The maximum atomic E-state index is 13.0. The van der Waals surface area contributed by atoms with Crippen LogP contribution in [0.5, 0.6) is 0 Å². The molecule has 0 spiro atoms. The second kappa shape index (κ2) is 14.6. The maximum Gasteiger partial charge on any atom is 0.393 e. The highest BCUT2D eigenvalue weighted by Crippen LogP contribution is 2.35. The van der Waals surface area contributed by atoms with Crippen LogP contribution in [0.3, 0.4) is 0 Å². The summed E-state index contributed by atoms with van der Waals surface area (Å²) < 4.78 is 66.0. The number of sulfone groups is 1. The molecule has 4 aromatic rings. The lowest BCUT2D eigenvalue weighted by Crippen LogP contribution is -2.45. The Bertz CT molecular complexity index is 1990. The molecular formula is C34H43F3N8O3S2. The van der Waals surface area contributed by atoms with Crippen LogP contribution >= 0.6 is 11.3 Å². The van der Waals surface area contributed by atoms with Crippen molar-refractivity contribution in [2.24, 2.45) is 0 Å². The van der Waals surface area contributed by atoms with Gasteiger partial charge in [0.25, 0.3) is 0 Å². The highest BCUT2D eigenvalue weighted by atomic mass is 32.2. The number of fused-ring (bicyclic) bond motifs is 2. The number of hydrogen-bond acceptors (Lipinski definition) is 11. The Kier molecular flexibility index (Phi) is 10.6. The molecule has 5 heterocycles. The minimum Gasteiger partial charge on any atom is -0.395 e. The van der Waals surface area contributed by atoms with Crippen molar-refractivity contribution in [3.05, 3.63) is 46.0 Å². The molecule has 1 aromatic carbocycles. The Balaban J connectivity index is 1.08. The van der Waals surface area contributed by atoms with Crippen molar-refractivity contribution in [3.8, 4) is 6.07 Å². The molecule has 2 saturated heterocycles. The van der Waals surface area contributed by atoms with Gasteiger partial charge >= 0.3 is 6.18 Å². The second-order valence-corrected chi connectivity index (χ2v) is 17.1. The lowest BCUT2D eigenvalue weighted by Gasteiger charge is -2.36. The molecule has 270 valence electrons. The third-order valence-electron chi connectivity index (χ3n) is 10.2. The number of nitrogens with one attached hydrogen (secondary N) is 1. The zero-order valence-corrected chi connectivity index (χ0v) is 29.8. The van der Waals surface area contributed by atoms with Crippen LogP contribution in [0.2, 0.25) is 0 Å². The lowest BCUT2D eigenvalue weighted by molar-refractivity contribution is -0.126. The number of rotatable bonds is 11. The minimum absolute atomic E-state index is 0.0270. The Morgan fingerprint density at radius 1 is 1.12 bits per heavy atom. The molecule has 0 bridgehead atoms. The molecule has 0 radical (unpaired) electrons. The van der Waals surface area contributed by atoms with Gasteiger partial charge in [-0.2, -0.15) is 23.4 Å². The molecule has 2 aliphatic rings. The molecule has 16 heteroatoms. The zero-order chi connectivity index (χ0) is 35.8. The molecule has 0 aliphatic carbocycles. The van der Waals surface area contributed by atoms with E-state index in [0.29, 0.717) is 54.2 Å². The van der Waals surface area contributed by atoms with Crippen molar-refractivity contribution in [2.75, 3.05) is 49.6 Å². The average molecular weight is 733 g/mol. The number of aromatic nitrogens is 3. The molecule has 2 aliphatic heterocycles. The summed E-state index contributed by atoms with van der Waals surface area (Å²) >= 11 is 0.987. The molecule has 50 heavy (non-hydrogen) atoms. The van der Waals surface area contributed by atoms with Crippen LogP contribution in [0.1, 0.15) is 54.3 Å². The number of nitrogens with zero attached hydrogens (tertiary/aromatic N) is 6. The van der Waals surface area contributed by atoms with Crippen molar-refractivity contribution >= 4 is 54.1 Å². The number of nitrogens with two attached hydrogens (primary N) is 1. The van der Waals surface area contributed by atoms with Gasteiger partial charge in [-0.05, 0) is 81.9 Å². The van der Waals surface area contributed by atoms with Gasteiger partial charge in [-0.15, -0.1) is 11.3 Å². The zero-order valence-electron chi connectivity index (χ0n) is 28.2. The molecule has 0 unspecified atom stereocenters. The summed E-state index contributed by atoms with van der Waals surface area (Å²) in [4.78, 5) is 13.8. The maximum absolute atomic E-state index is 13.0. The quantitative estimate of drug-likeness (QED) is 0.195. The normalized spacial score (nSPS) is 18.2. The van der Waals surface area contributed by atoms with Crippen LogP contribution in [0, 0.1) is 18.3 Å². The summed E-state index contributed by atoms with van der Waals surface area (Å²) in [6.45, 7) is 8.17. The first-order valence-corrected chi connectivity index (χ1v) is 19.5. The molecule has 0 amide bonds. The predicted molar refractivity (Wildman–Crippen MR) is 190 cm³/mol. The van der Waals surface area contributed by atoms with Gasteiger partial charge in [-0.1, -0.05) is 6.07 Å². The topological polar surface area (TPSA) is 153 Å². The fourth-order valence-corrected chi connectivity index (χ4v) is 9.97. The molecule has 11 nitrogen and oxygen atoms in total. The number of anilines is 2. The van der Waals surface area contributed by atoms with E-state index in [1.54, 1.807) is 0 Å². The van der Waals surface area contributed by atoms with Crippen molar-refractivity contribution in [1.82, 2.24) is 24.3 Å². The number of alkyl halides is 3. The Hall–Kier alpha value is -3.49. The molecule has 1 atom stereocenters. The number of benzene rings is 1. The average Bonchev–Trinajstić information content (AvgIpc) is 3.63. The van der Waals surface area contributed by atoms with E-state index in [0.717, 1.165) is 60.3 Å². The minimum atomic E-state index is -4.31. The van der Waals surface area contributed by atoms with Crippen molar-refractivity contribution < 1.29 is 26.7 Å². The van der Waals surface area contributed by atoms with Gasteiger partial charge < -0.3 is 20.7 Å². The second-order valence-electron chi connectivity index (χ2n) is 13.6. The van der Waals surface area contributed by atoms with Gasteiger partial charge in [0.05, 0.1) is 29.4 Å².